The Morgan fingerprint density at radius 3 is 2.69 bits per heavy atom. The highest BCUT2D eigenvalue weighted by molar-refractivity contribution is 7.09. The van der Waals surface area contributed by atoms with Crippen LogP contribution in [0.2, 0.25) is 0 Å². The summed E-state index contributed by atoms with van der Waals surface area (Å²) in [6, 6.07) is 0. The van der Waals surface area contributed by atoms with Crippen molar-refractivity contribution in [3.8, 4) is 0 Å². The topological polar surface area (TPSA) is 50.2 Å². The molecule has 0 bridgehead atoms. The van der Waals surface area contributed by atoms with E-state index in [4.69, 9.17) is 5.11 Å². The summed E-state index contributed by atoms with van der Waals surface area (Å²) in [5, 5.41) is 11.5. The number of carboxylic acid groups (broad SMARTS) is 1. The van der Waals surface area contributed by atoms with Gasteiger partial charge in [0.1, 0.15) is 0 Å². The molecule has 2 rings (SSSR count). The zero-order valence-corrected chi connectivity index (χ0v) is 10.3. The maximum Gasteiger partial charge on any atom is 0.355 e. The van der Waals surface area contributed by atoms with Gasteiger partial charge in [-0.15, -0.1) is 11.3 Å². The van der Waals surface area contributed by atoms with Crippen molar-refractivity contribution in [2.45, 2.75) is 44.9 Å². The van der Waals surface area contributed by atoms with Gasteiger partial charge in [0.15, 0.2) is 5.69 Å². The molecule has 1 fully saturated rings. The normalized spacial score (nSPS) is 25.6. The second-order valence-electron chi connectivity index (χ2n) is 4.50. The van der Waals surface area contributed by atoms with Gasteiger partial charge < -0.3 is 5.11 Å². The molecule has 1 aliphatic rings. The molecule has 16 heavy (non-hydrogen) atoms. The second kappa shape index (κ2) is 4.95. The van der Waals surface area contributed by atoms with Crippen molar-refractivity contribution in [1.82, 2.24) is 4.98 Å². The van der Waals surface area contributed by atoms with Crippen LogP contribution in [0.5, 0.6) is 0 Å². The van der Waals surface area contributed by atoms with Crippen molar-refractivity contribution in [2.75, 3.05) is 0 Å². The fourth-order valence-corrected chi connectivity index (χ4v) is 3.36. The number of carbonyl (C=O) groups is 1. The van der Waals surface area contributed by atoms with E-state index in [1.807, 2.05) is 0 Å². The van der Waals surface area contributed by atoms with Gasteiger partial charge in [0.25, 0.3) is 0 Å². The minimum absolute atomic E-state index is 0.206. The molecule has 3 nitrogen and oxygen atoms in total. The quantitative estimate of drug-likeness (QED) is 0.878. The maximum atomic E-state index is 10.7. The third-order valence-corrected chi connectivity index (χ3v) is 4.52. The Hall–Kier alpha value is -0.900. The third kappa shape index (κ3) is 2.43. The lowest BCUT2D eigenvalue weighted by Crippen LogP contribution is -2.12. The molecule has 0 unspecified atom stereocenters. The van der Waals surface area contributed by atoms with E-state index in [-0.39, 0.29) is 5.69 Å². The highest BCUT2D eigenvalue weighted by Gasteiger charge is 2.24. The molecule has 0 atom stereocenters. The summed E-state index contributed by atoms with van der Waals surface area (Å²) in [6.45, 7) is 2.25. The number of hydrogen-bond donors (Lipinski definition) is 1. The first-order valence-corrected chi connectivity index (χ1v) is 6.77. The Labute approximate surface area is 99.5 Å². The van der Waals surface area contributed by atoms with Crippen LogP contribution in [0.15, 0.2) is 5.38 Å². The van der Waals surface area contributed by atoms with E-state index in [1.165, 1.54) is 43.4 Å². The first-order valence-electron chi connectivity index (χ1n) is 5.89. The zero-order chi connectivity index (χ0) is 11.5. The van der Waals surface area contributed by atoms with Crippen molar-refractivity contribution in [3.63, 3.8) is 0 Å². The summed E-state index contributed by atoms with van der Waals surface area (Å²) in [7, 11) is 0. The van der Waals surface area contributed by atoms with Crippen molar-refractivity contribution < 1.29 is 9.90 Å². The Morgan fingerprint density at radius 1 is 1.50 bits per heavy atom. The van der Waals surface area contributed by atoms with Gasteiger partial charge in [-0.05, 0) is 31.6 Å². The molecule has 0 amide bonds. The number of thiazole rings is 1. The van der Waals surface area contributed by atoms with Crippen LogP contribution >= 0.6 is 11.3 Å². The second-order valence-corrected chi connectivity index (χ2v) is 5.39. The number of nitrogens with zero attached hydrogens (tertiary/aromatic N) is 1. The Kier molecular flexibility index (Phi) is 3.59. The predicted molar refractivity (Wildman–Crippen MR) is 64.1 cm³/mol. The number of aromatic carboxylic acids is 1. The Morgan fingerprint density at radius 2 is 2.19 bits per heavy atom. The van der Waals surface area contributed by atoms with E-state index >= 15 is 0 Å². The van der Waals surface area contributed by atoms with Crippen LogP contribution in [0.4, 0.5) is 0 Å². The monoisotopic (exact) mass is 239 g/mol. The molecular weight excluding hydrogens is 222 g/mol. The smallest absolute Gasteiger partial charge is 0.355 e. The van der Waals surface area contributed by atoms with Gasteiger partial charge in [0, 0.05) is 11.3 Å². The third-order valence-electron chi connectivity index (χ3n) is 3.51. The largest absolute Gasteiger partial charge is 0.476 e. The SMILES string of the molecule is CCC1CCC(c2nc(C(=O)O)cs2)CC1. The average molecular weight is 239 g/mol. The predicted octanol–water partition coefficient (Wildman–Crippen LogP) is 3.53. The van der Waals surface area contributed by atoms with E-state index in [0.29, 0.717) is 5.92 Å². The first kappa shape index (κ1) is 11.6. The summed E-state index contributed by atoms with van der Waals surface area (Å²) in [6.07, 6.45) is 6.15. The van der Waals surface area contributed by atoms with Gasteiger partial charge in [0.05, 0.1) is 5.01 Å². The molecule has 1 aliphatic carbocycles. The lowest BCUT2D eigenvalue weighted by Gasteiger charge is -2.26. The molecule has 1 saturated carbocycles. The summed E-state index contributed by atoms with van der Waals surface area (Å²) in [5.74, 6) is 0.459. The van der Waals surface area contributed by atoms with E-state index in [2.05, 4.69) is 11.9 Å². The molecule has 1 N–H and O–H groups in total. The van der Waals surface area contributed by atoms with Crippen LogP contribution in [0.3, 0.4) is 0 Å². The molecule has 0 aromatic carbocycles. The molecule has 1 aromatic heterocycles. The van der Waals surface area contributed by atoms with Crippen molar-refractivity contribution >= 4 is 17.3 Å². The molecular formula is C12H17NO2S. The van der Waals surface area contributed by atoms with Gasteiger partial charge in [-0.3, -0.25) is 0 Å². The van der Waals surface area contributed by atoms with Crippen LogP contribution in [0.25, 0.3) is 0 Å². The van der Waals surface area contributed by atoms with Crippen molar-refractivity contribution in [1.29, 1.82) is 0 Å². The number of aromatic nitrogens is 1. The molecule has 0 saturated heterocycles. The zero-order valence-electron chi connectivity index (χ0n) is 9.48. The highest BCUT2D eigenvalue weighted by atomic mass is 32.1. The standard InChI is InChI=1S/C12H17NO2S/c1-2-8-3-5-9(6-4-8)11-13-10(7-16-11)12(14)15/h7-9H,2-6H2,1H3,(H,14,15). The van der Waals surface area contributed by atoms with Gasteiger partial charge >= 0.3 is 5.97 Å². The molecule has 0 spiro atoms. The van der Waals surface area contributed by atoms with Crippen LogP contribution in [-0.4, -0.2) is 16.1 Å². The molecule has 1 aromatic rings. The van der Waals surface area contributed by atoms with E-state index in [0.717, 1.165) is 10.9 Å². The number of hydrogen-bond acceptors (Lipinski definition) is 3. The van der Waals surface area contributed by atoms with Gasteiger partial charge in [-0.25, -0.2) is 9.78 Å². The van der Waals surface area contributed by atoms with E-state index in [1.54, 1.807) is 5.38 Å². The molecule has 0 aliphatic heterocycles. The highest BCUT2D eigenvalue weighted by Crippen LogP contribution is 2.37. The maximum absolute atomic E-state index is 10.7. The van der Waals surface area contributed by atoms with Crippen LogP contribution in [0.1, 0.15) is 60.4 Å². The van der Waals surface area contributed by atoms with Crippen LogP contribution in [-0.2, 0) is 0 Å². The lowest BCUT2D eigenvalue weighted by molar-refractivity contribution is 0.0691. The Balaban J connectivity index is 2.00. The lowest BCUT2D eigenvalue weighted by atomic mass is 9.81. The molecule has 88 valence electrons. The molecule has 4 heteroatoms. The average Bonchev–Trinajstić information content (AvgIpc) is 2.78. The van der Waals surface area contributed by atoms with Crippen molar-refractivity contribution in [2.24, 2.45) is 5.92 Å². The summed E-state index contributed by atoms with van der Waals surface area (Å²) in [4.78, 5) is 14.9. The van der Waals surface area contributed by atoms with Gasteiger partial charge in [0.2, 0.25) is 0 Å². The molecule has 0 radical (unpaired) electrons. The van der Waals surface area contributed by atoms with Crippen LogP contribution < -0.4 is 0 Å². The number of rotatable bonds is 3. The summed E-state index contributed by atoms with van der Waals surface area (Å²) >= 11 is 1.50. The van der Waals surface area contributed by atoms with Crippen molar-refractivity contribution in [3.05, 3.63) is 16.1 Å². The van der Waals surface area contributed by atoms with E-state index in [9.17, 15) is 4.79 Å². The molecule has 1 heterocycles. The Bertz CT molecular complexity index is 367. The number of carboxylic acids is 1. The van der Waals surface area contributed by atoms with Crippen LogP contribution in [0, 0.1) is 5.92 Å². The summed E-state index contributed by atoms with van der Waals surface area (Å²) < 4.78 is 0. The van der Waals surface area contributed by atoms with E-state index < -0.39 is 5.97 Å². The van der Waals surface area contributed by atoms with Gasteiger partial charge in [-0.2, -0.15) is 0 Å². The summed E-state index contributed by atoms with van der Waals surface area (Å²) in [5.41, 5.74) is 0.206. The minimum atomic E-state index is -0.912. The van der Waals surface area contributed by atoms with Gasteiger partial charge in [-0.1, -0.05) is 13.3 Å². The first-order chi connectivity index (χ1) is 7.70. The minimum Gasteiger partial charge on any atom is -0.476 e. The fourth-order valence-electron chi connectivity index (χ4n) is 2.39. The fraction of sp³-hybridized carbons (Fsp3) is 0.667.